The molecule has 5 nitrogen and oxygen atoms in total. The van der Waals surface area contributed by atoms with E-state index in [0.717, 1.165) is 5.69 Å². The molecule has 0 aliphatic rings. The Labute approximate surface area is 92.8 Å². The lowest BCUT2D eigenvalue weighted by Gasteiger charge is -2.04. The van der Waals surface area contributed by atoms with Crippen LogP contribution in [0.2, 0.25) is 0 Å². The molecule has 2 rings (SSSR count). The van der Waals surface area contributed by atoms with Gasteiger partial charge in [-0.2, -0.15) is 0 Å². The average molecular weight is 217 g/mol. The largest absolute Gasteiger partial charge is 0.436 e. The SMILES string of the molecule is Cc1ccc(Oc2cnc(CO)cn2)cn1. The van der Waals surface area contributed by atoms with Crippen LogP contribution in [0, 0.1) is 6.92 Å². The van der Waals surface area contributed by atoms with E-state index in [1.54, 1.807) is 6.20 Å². The van der Waals surface area contributed by atoms with Crippen LogP contribution in [-0.4, -0.2) is 20.1 Å². The van der Waals surface area contributed by atoms with Gasteiger partial charge >= 0.3 is 0 Å². The van der Waals surface area contributed by atoms with E-state index >= 15 is 0 Å². The van der Waals surface area contributed by atoms with Gasteiger partial charge in [0.05, 0.1) is 30.9 Å². The highest BCUT2D eigenvalue weighted by atomic mass is 16.5. The Bertz CT molecular complexity index is 454. The maximum Gasteiger partial charge on any atom is 0.237 e. The van der Waals surface area contributed by atoms with Gasteiger partial charge in [0.25, 0.3) is 0 Å². The number of hydrogen-bond acceptors (Lipinski definition) is 5. The molecule has 0 aromatic carbocycles. The van der Waals surface area contributed by atoms with Crippen LogP contribution in [0.3, 0.4) is 0 Å². The first-order valence-electron chi connectivity index (χ1n) is 4.80. The van der Waals surface area contributed by atoms with Gasteiger partial charge in [-0.05, 0) is 19.1 Å². The number of aliphatic hydroxyl groups is 1. The van der Waals surface area contributed by atoms with Crippen LogP contribution in [-0.2, 0) is 6.61 Å². The van der Waals surface area contributed by atoms with Gasteiger partial charge in [0.15, 0.2) is 0 Å². The van der Waals surface area contributed by atoms with Gasteiger partial charge < -0.3 is 9.84 Å². The van der Waals surface area contributed by atoms with Crippen molar-refractivity contribution in [1.82, 2.24) is 15.0 Å². The molecule has 82 valence electrons. The van der Waals surface area contributed by atoms with Gasteiger partial charge in [-0.25, -0.2) is 4.98 Å². The predicted octanol–water partition coefficient (Wildman–Crippen LogP) is 1.46. The molecule has 1 N–H and O–H groups in total. The zero-order chi connectivity index (χ0) is 11.4. The van der Waals surface area contributed by atoms with Crippen molar-refractivity contribution in [2.45, 2.75) is 13.5 Å². The van der Waals surface area contributed by atoms with Crippen molar-refractivity contribution >= 4 is 0 Å². The number of ether oxygens (including phenoxy) is 1. The molecule has 16 heavy (non-hydrogen) atoms. The Kier molecular flexibility index (Phi) is 3.07. The van der Waals surface area contributed by atoms with Crippen LogP contribution >= 0.6 is 0 Å². The van der Waals surface area contributed by atoms with E-state index < -0.39 is 0 Å². The van der Waals surface area contributed by atoms with Crippen molar-refractivity contribution < 1.29 is 9.84 Å². The standard InChI is InChI=1S/C11H11N3O2/c1-8-2-3-10(5-12-8)16-11-6-13-9(7-15)4-14-11/h2-6,15H,7H2,1H3. The lowest BCUT2D eigenvalue weighted by molar-refractivity contribution is 0.276. The molecule has 0 spiro atoms. The smallest absolute Gasteiger partial charge is 0.237 e. The Morgan fingerprint density at radius 3 is 2.56 bits per heavy atom. The molecular weight excluding hydrogens is 206 g/mol. The van der Waals surface area contributed by atoms with Crippen LogP contribution in [0.5, 0.6) is 11.6 Å². The molecule has 0 saturated heterocycles. The van der Waals surface area contributed by atoms with Gasteiger partial charge in [0.2, 0.25) is 5.88 Å². The van der Waals surface area contributed by atoms with Crippen molar-refractivity contribution in [3.63, 3.8) is 0 Å². The van der Waals surface area contributed by atoms with Gasteiger partial charge in [0, 0.05) is 5.69 Å². The van der Waals surface area contributed by atoms with Crippen LogP contribution < -0.4 is 4.74 Å². The summed E-state index contributed by atoms with van der Waals surface area (Å²) in [5.74, 6) is 0.986. The Balaban J connectivity index is 2.11. The van der Waals surface area contributed by atoms with E-state index in [4.69, 9.17) is 9.84 Å². The van der Waals surface area contributed by atoms with E-state index in [1.807, 2.05) is 19.1 Å². The molecule has 0 amide bonds. The highest BCUT2D eigenvalue weighted by Crippen LogP contribution is 2.17. The first-order chi connectivity index (χ1) is 7.78. The van der Waals surface area contributed by atoms with Crippen LogP contribution in [0.25, 0.3) is 0 Å². The third-order valence-electron chi connectivity index (χ3n) is 1.95. The van der Waals surface area contributed by atoms with Crippen LogP contribution in [0.1, 0.15) is 11.4 Å². The van der Waals surface area contributed by atoms with Gasteiger partial charge in [0.1, 0.15) is 5.75 Å². The second-order valence-electron chi connectivity index (χ2n) is 3.24. The van der Waals surface area contributed by atoms with E-state index in [1.165, 1.54) is 12.4 Å². The number of aliphatic hydroxyl groups excluding tert-OH is 1. The molecule has 0 unspecified atom stereocenters. The minimum absolute atomic E-state index is 0.126. The van der Waals surface area contributed by atoms with E-state index in [0.29, 0.717) is 17.3 Å². The normalized spacial score (nSPS) is 10.1. The van der Waals surface area contributed by atoms with Crippen LogP contribution in [0.4, 0.5) is 0 Å². The fraction of sp³-hybridized carbons (Fsp3) is 0.182. The summed E-state index contributed by atoms with van der Waals surface area (Å²) in [6.07, 6.45) is 4.55. The summed E-state index contributed by atoms with van der Waals surface area (Å²) < 4.78 is 5.42. The number of aryl methyl sites for hydroxylation is 1. The van der Waals surface area contributed by atoms with Crippen molar-refractivity contribution in [3.05, 3.63) is 42.1 Å². The highest BCUT2D eigenvalue weighted by molar-refractivity contribution is 5.23. The molecule has 0 saturated carbocycles. The number of pyridine rings is 1. The lowest BCUT2D eigenvalue weighted by atomic mass is 10.4. The summed E-state index contributed by atoms with van der Waals surface area (Å²) in [5, 5.41) is 8.80. The van der Waals surface area contributed by atoms with E-state index in [9.17, 15) is 0 Å². The Hall–Kier alpha value is -2.01. The molecule has 0 radical (unpaired) electrons. The second-order valence-corrected chi connectivity index (χ2v) is 3.24. The second kappa shape index (κ2) is 4.67. The third-order valence-corrected chi connectivity index (χ3v) is 1.95. The van der Waals surface area contributed by atoms with Crippen molar-refractivity contribution in [1.29, 1.82) is 0 Å². The van der Waals surface area contributed by atoms with E-state index in [2.05, 4.69) is 15.0 Å². The molecule has 0 aliphatic carbocycles. The average Bonchev–Trinajstić information content (AvgIpc) is 2.33. The van der Waals surface area contributed by atoms with Crippen molar-refractivity contribution in [2.75, 3.05) is 0 Å². The molecule has 0 fully saturated rings. The molecule has 2 heterocycles. The fourth-order valence-corrected chi connectivity index (χ4v) is 1.11. The molecule has 5 heteroatoms. The topological polar surface area (TPSA) is 68.1 Å². The molecule has 0 atom stereocenters. The van der Waals surface area contributed by atoms with Gasteiger partial charge in [-0.1, -0.05) is 0 Å². The monoisotopic (exact) mass is 217 g/mol. The number of hydrogen-bond donors (Lipinski definition) is 1. The summed E-state index contributed by atoms with van der Waals surface area (Å²) in [6.45, 7) is 1.78. The number of rotatable bonds is 3. The van der Waals surface area contributed by atoms with Crippen molar-refractivity contribution in [3.8, 4) is 11.6 Å². The van der Waals surface area contributed by atoms with E-state index in [-0.39, 0.29) is 6.61 Å². The lowest BCUT2D eigenvalue weighted by Crippen LogP contribution is -1.94. The maximum absolute atomic E-state index is 8.80. The summed E-state index contributed by atoms with van der Waals surface area (Å²) in [5.41, 5.74) is 1.43. The molecule has 0 aliphatic heterocycles. The summed E-state index contributed by atoms with van der Waals surface area (Å²) in [4.78, 5) is 12.0. The number of nitrogens with zero attached hydrogens (tertiary/aromatic N) is 3. The van der Waals surface area contributed by atoms with Crippen LogP contribution in [0.15, 0.2) is 30.7 Å². The minimum atomic E-state index is -0.126. The summed E-state index contributed by atoms with van der Waals surface area (Å²) in [7, 11) is 0. The minimum Gasteiger partial charge on any atom is -0.436 e. The first-order valence-corrected chi connectivity index (χ1v) is 4.80. The zero-order valence-corrected chi connectivity index (χ0v) is 8.79. The molecule has 0 bridgehead atoms. The zero-order valence-electron chi connectivity index (χ0n) is 8.79. The van der Waals surface area contributed by atoms with Gasteiger partial charge in [-0.3, -0.25) is 9.97 Å². The Morgan fingerprint density at radius 1 is 1.12 bits per heavy atom. The third kappa shape index (κ3) is 2.52. The summed E-state index contributed by atoms with van der Waals surface area (Å²) in [6, 6.07) is 3.66. The summed E-state index contributed by atoms with van der Waals surface area (Å²) >= 11 is 0. The molecule has 2 aromatic rings. The quantitative estimate of drug-likeness (QED) is 0.843. The van der Waals surface area contributed by atoms with Crippen molar-refractivity contribution in [2.24, 2.45) is 0 Å². The highest BCUT2D eigenvalue weighted by Gasteiger charge is 2.00. The predicted molar refractivity (Wildman–Crippen MR) is 57.0 cm³/mol. The molecular formula is C11H11N3O2. The maximum atomic E-state index is 8.80. The molecule has 2 aromatic heterocycles. The fourth-order valence-electron chi connectivity index (χ4n) is 1.11. The number of aromatic nitrogens is 3. The van der Waals surface area contributed by atoms with Gasteiger partial charge in [-0.15, -0.1) is 0 Å². The Morgan fingerprint density at radius 2 is 2.00 bits per heavy atom. The first kappa shape index (κ1) is 10.5.